The van der Waals surface area contributed by atoms with E-state index < -0.39 is 17.7 Å². The maximum absolute atomic E-state index is 13.6. The van der Waals surface area contributed by atoms with E-state index in [1.54, 1.807) is 24.1 Å². The first-order chi connectivity index (χ1) is 17.4. The quantitative estimate of drug-likeness (QED) is 0.424. The lowest BCUT2D eigenvalue weighted by Gasteiger charge is -2.29. The molecule has 6 heteroatoms. The summed E-state index contributed by atoms with van der Waals surface area (Å²) in [5, 5.41) is 10.3. The molecular weight excluding hydrogens is 466 g/mol. The summed E-state index contributed by atoms with van der Waals surface area (Å²) in [6.45, 7) is 12.4. The number of carbonyl (C=O) groups excluding carboxylic acids is 1. The van der Waals surface area contributed by atoms with E-state index in [-0.39, 0.29) is 5.91 Å². The van der Waals surface area contributed by atoms with Crippen LogP contribution in [0.2, 0.25) is 0 Å². The zero-order valence-electron chi connectivity index (χ0n) is 22.6. The number of rotatable bonds is 6. The van der Waals surface area contributed by atoms with E-state index in [1.165, 1.54) is 0 Å². The molecule has 6 nitrogen and oxygen atoms in total. The third-order valence-corrected chi connectivity index (χ3v) is 6.94. The molecule has 1 aliphatic rings. The summed E-state index contributed by atoms with van der Waals surface area (Å²) < 4.78 is 11.6. The molecule has 194 valence electrons. The first kappa shape index (κ1) is 26.4. The molecule has 0 aromatic heterocycles. The Bertz CT molecular complexity index is 1350. The summed E-state index contributed by atoms with van der Waals surface area (Å²) in [7, 11) is 1.56. The number of benzene rings is 3. The van der Waals surface area contributed by atoms with Crippen molar-refractivity contribution in [3.63, 3.8) is 0 Å². The number of carboxylic acid groups (broad SMARTS) is 1. The van der Waals surface area contributed by atoms with Crippen LogP contribution in [0.1, 0.15) is 70.6 Å². The van der Waals surface area contributed by atoms with Gasteiger partial charge in [0.05, 0.1) is 18.3 Å². The van der Waals surface area contributed by atoms with E-state index in [9.17, 15) is 14.7 Å². The van der Waals surface area contributed by atoms with Crippen molar-refractivity contribution in [2.75, 3.05) is 7.11 Å². The lowest BCUT2D eigenvalue weighted by atomic mass is 9.83. The van der Waals surface area contributed by atoms with Crippen LogP contribution < -0.4 is 4.74 Å². The molecule has 0 fully saturated rings. The van der Waals surface area contributed by atoms with Crippen molar-refractivity contribution in [2.45, 2.75) is 66.3 Å². The van der Waals surface area contributed by atoms with Gasteiger partial charge >= 0.3 is 5.97 Å². The van der Waals surface area contributed by atoms with E-state index in [1.807, 2.05) is 77.9 Å². The van der Waals surface area contributed by atoms with E-state index in [0.29, 0.717) is 30.0 Å². The number of aryl methyl sites for hydroxylation is 1. The Labute approximate surface area is 218 Å². The lowest BCUT2D eigenvalue weighted by Crippen LogP contribution is -2.28. The molecule has 1 unspecified atom stereocenters. The molecule has 0 saturated heterocycles. The van der Waals surface area contributed by atoms with Gasteiger partial charge in [0.25, 0.3) is 5.91 Å². The molecule has 37 heavy (non-hydrogen) atoms. The molecule has 3 aromatic carbocycles. The van der Waals surface area contributed by atoms with Gasteiger partial charge in [0.15, 0.2) is 6.10 Å². The molecule has 0 saturated carbocycles. The molecule has 1 aliphatic heterocycles. The smallest absolute Gasteiger partial charge is 0.337 e. The Hall–Kier alpha value is -3.64. The maximum atomic E-state index is 13.6. The molecule has 1 amide bonds. The van der Waals surface area contributed by atoms with Gasteiger partial charge in [-0.3, -0.25) is 4.79 Å². The second kappa shape index (κ2) is 10.0. The lowest BCUT2D eigenvalue weighted by molar-refractivity contribution is -0.160. The molecular formula is C31H35NO5. The normalized spacial score (nSPS) is 13.9. The molecule has 1 heterocycles. The SMILES string of the molecule is COc1ccccc1C(=O)N1Cc2c(C)c(-c3ccc(C)cc3)c(C(OC(C)(C)C)C(=O)O)c(C)c2C1. The van der Waals surface area contributed by atoms with Crippen LogP contribution in [0, 0.1) is 20.8 Å². The summed E-state index contributed by atoms with van der Waals surface area (Å²) in [4.78, 5) is 28.0. The molecule has 4 rings (SSSR count). The first-order valence-corrected chi connectivity index (χ1v) is 12.5. The topological polar surface area (TPSA) is 76.1 Å². The van der Waals surface area contributed by atoms with Crippen molar-refractivity contribution in [3.8, 4) is 16.9 Å². The monoisotopic (exact) mass is 501 g/mol. The number of amides is 1. The molecule has 0 radical (unpaired) electrons. The second-order valence-corrected chi connectivity index (χ2v) is 10.7. The highest BCUT2D eigenvalue weighted by Gasteiger charge is 2.36. The number of nitrogens with zero attached hydrogens (tertiary/aromatic N) is 1. The number of para-hydroxylation sites is 1. The maximum Gasteiger partial charge on any atom is 0.337 e. The summed E-state index contributed by atoms with van der Waals surface area (Å²) in [6.07, 6.45) is -1.15. The van der Waals surface area contributed by atoms with Crippen molar-refractivity contribution in [1.82, 2.24) is 4.90 Å². The average molecular weight is 502 g/mol. The van der Waals surface area contributed by atoms with Crippen molar-refractivity contribution in [3.05, 3.63) is 87.5 Å². The summed E-state index contributed by atoms with van der Waals surface area (Å²) in [5.41, 5.74) is 7.26. The molecule has 0 spiro atoms. The number of aliphatic carboxylic acids is 1. The van der Waals surface area contributed by atoms with Gasteiger partial charge in [0.2, 0.25) is 0 Å². The number of carboxylic acids is 1. The van der Waals surface area contributed by atoms with Crippen LogP contribution in [0.4, 0.5) is 0 Å². The fourth-order valence-electron chi connectivity index (χ4n) is 5.16. The Morgan fingerprint density at radius 1 is 0.919 bits per heavy atom. The number of methoxy groups -OCH3 is 1. The van der Waals surface area contributed by atoms with Gasteiger partial charge in [-0.05, 0) is 87.1 Å². The minimum atomic E-state index is -1.15. The zero-order valence-corrected chi connectivity index (χ0v) is 22.6. The first-order valence-electron chi connectivity index (χ1n) is 12.5. The van der Waals surface area contributed by atoms with E-state index in [0.717, 1.165) is 38.9 Å². The number of hydrogen-bond acceptors (Lipinski definition) is 4. The van der Waals surface area contributed by atoms with Gasteiger partial charge in [0, 0.05) is 18.7 Å². The predicted octanol–water partition coefficient (Wildman–Crippen LogP) is 6.38. The van der Waals surface area contributed by atoms with E-state index >= 15 is 0 Å². The summed E-state index contributed by atoms with van der Waals surface area (Å²) in [5.74, 6) is -0.625. The minimum Gasteiger partial charge on any atom is -0.496 e. The van der Waals surface area contributed by atoms with Gasteiger partial charge < -0.3 is 19.5 Å². The predicted molar refractivity (Wildman–Crippen MR) is 144 cm³/mol. The third kappa shape index (κ3) is 5.12. The van der Waals surface area contributed by atoms with Gasteiger partial charge in [-0.2, -0.15) is 0 Å². The summed E-state index contributed by atoms with van der Waals surface area (Å²) >= 11 is 0. The highest BCUT2D eigenvalue weighted by atomic mass is 16.5. The van der Waals surface area contributed by atoms with Gasteiger partial charge in [-0.25, -0.2) is 4.79 Å². The number of hydrogen-bond donors (Lipinski definition) is 1. The molecule has 1 atom stereocenters. The highest BCUT2D eigenvalue weighted by Crippen LogP contribution is 2.44. The average Bonchev–Trinajstić information content (AvgIpc) is 3.31. The van der Waals surface area contributed by atoms with Crippen molar-refractivity contribution >= 4 is 11.9 Å². The van der Waals surface area contributed by atoms with Crippen LogP contribution in [-0.4, -0.2) is 34.6 Å². The van der Waals surface area contributed by atoms with Gasteiger partial charge in [-0.1, -0.05) is 42.0 Å². The molecule has 1 N–H and O–H groups in total. The molecule has 3 aromatic rings. The third-order valence-electron chi connectivity index (χ3n) is 6.94. The van der Waals surface area contributed by atoms with Crippen LogP contribution in [0.25, 0.3) is 11.1 Å². The molecule has 0 bridgehead atoms. The number of carbonyl (C=O) groups is 2. The second-order valence-electron chi connectivity index (χ2n) is 10.7. The van der Waals surface area contributed by atoms with Crippen molar-refractivity contribution < 1.29 is 24.2 Å². The fraction of sp³-hybridized carbons (Fsp3) is 0.355. The van der Waals surface area contributed by atoms with Crippen LogP contribution >= 0.6 is 0 Å². The Morgan fingerprint density at radius 3 is 2.08 bits per heavy atom. The minimum absolute atomic E-state index is 0.119. The Balaban J connectivity index is 1.90. The molecule has 0 aliphatic carbocycles. The van der Waals surface area contributed by atoms with Crippen molar-refractivity contribution in [2.24, 2.45) is 0 Å². The van der Waals surface area contributed by atoms with Gasteiger partial charge in [-0.15, -0.1) is 0 Å². The van der Waals surface area contributed by atoms with Crippen LogP contribution in [0.15, 0.2) is 48.5 Å². The van der Waals surface area contributed by atoms with Crippen molar-refractivity contribution in [1.29, 1.82) is 0 Å². The van der Waals surface area contributed by atoms with Gasteiger partial charge in [0.1, 0.15) is 5.75 Å². The number of fused-ring (bicyclic) bond motifs is 1. The zero-order chi connectivity index (χ0) is 27.1. The number of ether oxygens (including phenoxy) is 2. The highest BCUT2D eigenvalue weighted by molar-refractivity contribution is 5.97. The van der Waals surface area contributed by atoms with E-state index in [4.69, 9.17) is 9.47 Å². The largest absolute Gasteiger partial charge is 0.496 e. The van der Waals surface area contributed by atoms with Crippen LogP contribution in [0.5, 0.6) is 5.75 Å². The van der Waals surface area contributed by atoms with Crippen LogP contribution in [-0.2, 0) is 22.6 Å². The Kier molecular flexibility index (Phi) is 7.16. The fourth-order valence-corrected chi connectivity index (χ4v) is 5.16. The Morgan fingerprint density at radius 2 is 1.51 bits per heavy atom. The standard InChI is InChI=1S/C31H35NO5/c1-18-12-14-21(15-13-18)26-19(2)23-16-32(29(33)22-10-8-9-11-25(22)36-7)17-24(23)20(3)27(26)28(30(34)35)37-31(4,5)6/h8-15,28H,16-17H2,1-7H3,(H,34,35). The van der Waals surface area contributed by atoms with E-state index in [2.05, 4.69) is 0 Å². The summed E-state index contributed by atoms with van der Waals surface area (Å²) in [6, 6.07) is 15.3. The van der Waals surface area contributed by atoms with Crippen LogP contribution in [0.3, 0.4) is 0 Å².